The molecule has 0 unspecified atom stereocenters. The second kappa shape index (κ2) is 2.71. The second-order valence-electron chi connectivity index (χ2n) is 3.46. The minimum Gasteiger partial charge on any atom is -0.313 e. The van der Waals surface area contributed by atoms with Crippen molar-refractivity contribution >= 4 is 9.84 Å². The quantitative estimate of drug-likeness (QED) is 0.618. The van der Waals surface area contributed by atoms with E-state index in [9.17, 15) is 8.42 Å². The Bertz CT molecular complexity index is 317. The molecule has 68 valence electrons. The van der Waals surface area contributed by atoms with E-state index >= 15 is 0 Å². The van der Waals surface area contributed by atoms with Crippen molar-refractivity contribution < 1.29 is 8.42 Å². The third kappa shape index (κ3) is 1.76. The van der Waals surface area contributed by atoms with E-state index in [2.05, 4.69) is 0 Å². The highest BCUT2D eigenvalue weighted by Crippen LogP contribution is 2.31. The standard InChI is InChI=1S/C7H12N2O2S/c1-12(10,11)6-2-3-7(9,4-6)5-8/h6H,2-4,9H2,1H3/t6-,7+/m1/s1. The normalized spacial score (nSPS) is 36.2. The molecule has 0 spiro atoms. The van der Waals surface area contributed by atoms with E-state index < -0.39 is 20.6 Å². The number of nitriles is 1. The van der Waals surface area contributed by atoms with Gasteiger partial charge in [-0.25, -0.2) is 8.42 Å². The lowest BCUT2D eigenvalue weighted by Crippen LogP contribution is -2.36. The van der Waals surface area contributed by atoms with Crippen LogP contribution in [-0.2, 0) is 9.84 Å². The third-order valence-corrected chi connectivity index (χ3v) is 3.95. The number of nitrogens with two attached hydrogens (primary N) is 1. The average molecular weight is 188 g/mol. The van der Waals surface area contributed by atoms with Gasteiger partial charge in [-0.1, -0.05) is 0 Å². The van der Waals surface area contributed by atoms with Gasteiger partial charge in [0.15, 0.2) is 0 Å². The molecule has 1 rings (SSSR count). The fourth-order valence-corrected chi connectivity index (χ4v) is 2.64. The highest BCUT2D eigenvalue weighted by Gasteiger charge is 2.40. The van der Waals surface area contributed by atoms with Crippen molar-refractivity contribution in [2.75, 3.05) is 6.26 Å². The van der Waals surface area contributed by atoms with Gasteiger partial charge in [-0.2, -0.15) is 5.26 Å². The summed E-state index contributed by atoms with van der Waals surface area (Å²) < 4.78 is 22.1. The van der Waals surface area contributed by atoms with E-state index in [1.807, 2.05) is 6.07 Å². The van der Waals surface area contributed by atoms with E-state index in [0.717, 1.165) is 0 Å². The van der Waals surface area contributed by atoms with Gasteiger partial charge in [-0.3, -0.25) is 0 Å². The summed E-state index contributed by atoms with van der Waals surface area (Å²) in [6, 6.07) is 1.96. The summed E-state index contributed by atoms with van der Waals surface area (Å²) >= 11 is 0. The highest BCUT2D eigenvalue weighted by molar-refractivity contribution is 7.91. The molecule has 1 aliphatic rings. The molecule has 4 nitrogen and oxygen atoms in total. The molecule has 2 N–H and O–H groups in total. The van der Waals surface area contributed by atoms with Crippen LogP contribution < -0.4 is 5.73 Å². The van der Waals surface area contributed by atoms with Crippen LogP contribution >= 0.6 is 0 Å². The summed E-state index contributed by atoms with van der Waals surface area (Å²) in [5.41, 5.74) is 4.71. The zero-order valence-corrected chi connectivity index (χ0v) is 7.76. The van der Waals surface area contributed by atoms with Crippen LogP contribution in [-0.4, -0.2) is 25.5 Å². The minimum atomic E-state index is -3.01. The van der Waals surface area contributed by atoms with Crippen LogP contribution in [0.25, 0.3) is 0 Å². The molecule has 0 aromatic rings. The summed E-state index contributed by atoms with van der Waals surface area (Å²) in [6.45, 7) is 0. The van der Waals surface area contributed by atoms with Crippen LogP contribution in [0.1, 0.15) is 19.3 Å². The second-order valence-corrected chi connectivity index (χ2v) is 5.79. The first-order chi connectivity index (χ1) is 5.37. The van der Waals surface area contributed by atoms with Gasteiger partial charge in [-0.15, -0.1) is 0 Å². The number of nitrogens with zero attached hydrogens (tertiary/aromatic N) is 1. The molecule has 0 aromatic heterocycles. The molecule has 1 saturated carbocycles. The Labute approximate surface area is 72.3 Å². The first kappa shape index (κ1) is 9.49. The van der Waals surface area contributed by atoms with Crippen LogP contribution in [0.3, 0.4) is 0 Å². The van der Waals surface area contributed by atoms with E-state index in [1.54, 1.807) is 0 Å². The molecule has 5 heteroatoms. The van der Waals surface area contributed by atoms with Crippen molar-refractivity contribution in [2.45, 2.75) is 30.1 Å². The molecular weight excluding hydrogens is 176 g/mol. The monoisotopic (exact) mass is 188 g/mol. The van der Waals surface area contributed by atoms with Gasteiger partial charge < -0.3 is 5.73 Å². The molecule has 0 aliphatic heterocycles. The van der Waals surface area contributed by atoms with E-state index in [4.69, 9.17) is 11.0 Å². The zero-order valence-electron chi connectivity index (χ0n) is 6.95. The molecule has 0 saturated heterocycles. The van der Waals surface area contributed by atoms with Gasteiger partial charge in [0.25, 0.3) is 0 Å². The molecular formula is C7H12N2O2S. The van der Waals surface area contributed by atoms with E-state index in [0.29, 0.717) is 12.8 Å². The lowest BCUT2D eigenvalue weighted by Gasteiger charge is -2.12. The summed E-state index contributed by atoms with van der Waals surface area (Å²) in [7, 11) is -3.01. The molecule has 1 fully saturated rings. The van der Waals surface area contributed by atoms with Crippen molar-refractivity contribution in [1.29, 1.82) is 5.26 Å². The molecule has 0 aromatic carbocycles. The van der Waals surface area contributed by atoms with Crippen molar-refractivity contribution in [1.82, 2.24) is 0 Å². The largest absolute Gasteiger partial charge is 0.313 e. The number of sulfone groups is 1. The van der Waals surface area contributed by atoms with Gasteiger partial charge in [0, 0.05) is 6.26 Å². The van der Waals surface area contributed by atoms with E-state index in [1.165, 1.54) is 6.26 Å². The summed E-state index contributed by atoms with van der Waals surface area (Å²) in [4.78, 5) is 0. The third-order valence-electron chi connectivity index (χ3n) is 2.33. The molecule has 12 heavy (non-hydrogen) atoms. The maximum Gasteiger partial charge on any atom is 0.150 e. The van der Waals surface area contributed by atoms with Crippen molar-refractivity contribution in [3.8, 4) is 6.07 Å². The lowest BCUT2D eigenvalue weighted by molar-refractivity contribution is 0.554. The van der Waals surface area contributed by atoms with Gasteiger partial charge in [-0.05, 0) is 19.3 Å². The van der Waals surface area contributed by atoms with Crippen LogP contribution in [0.4, 0.5) is 0 Å². The molecule has 1 aliphatic carbocycles. The van der Waals surface area contributed by atoms with Crippen molar-refractivity contribution in [3.05, 3.63) is 0 Å². The van der Waals surface area contributed by atoms with Crippen molar-refractivity contribution in [2.24, 2.45) is 5.73 Å². The fraction of sp³-hybridized carbons (Fsp3) is 0.857. The maximum absolute atomic E-state index is 11.1. The van der Waals surface area contributed by atoms with Gasteiger partial charge in [0.2, 0.25) is 0 Å². The maximum atomic E-state index is 11.1. The Morgan fingerprint density at radius 3 is 2.50 bits per heavy atom. The zero-order chi connectivity index (χ0) is 9.41. The first-order valence-electron chi connectivity index (χ1n) is 3.76. The van der Waals surface area contributed by atoms with Crippen LogP contribution in [0, 0.1) is 11.3 Å². The molecule has 0 heterocycles. The first-order valence-corrected chi connectivity index (χ1v) is 5.72. The lowest BCUT2D eigenvalue weighted by atomic mass is 10.0. The summed E-state index contributed by atoms with van der Waals surface area (Å²) in [5, 5.41) is 8.22. The van der Waals surface area contributed by atoms with E-state index in [-0.39, 0.29) is 6.42 Å². The predicted molar refractivity (Wildman–Crippen MR) is 45.0 cm³/mol. The number of hydrogen-bond acceptors (Lipinski definition) is 4. The Morgan fingerprint density at radius 1 is 1.67 bits per heavy atom. The summed E-state index contributed by atoms with van der Waals surface area (Å²) in [5.74, 6) is 0. The number of hydrogen-bond donors (Lipinski definition) is 1. The predicted octanol–water partition coefficient (Wildman–Crippen LogP) is -0.195. The average Bonchev–Trinajstić information content (AvgIpc) is 2.32. The molecule has 0 radical (unpaired) electrons. The van der Waals surface area contributed by atoms with Crippen LogP contribution in [0.15, 0.2) is 0 Å². The van der Waals surface area contributed by atoms with Crippen LogP contribution in [0.5, 0.6) is 0 Å². The highest BCUT2D eigenvalue weighted by atomic mass is 32.2. The Hall–Kier alpha value is -0.600. The minimum absolute atomic E-state index is 0.280. The molecule has 0 amide bonds. The summed E-state index contributed by atoms with van der Waals surface area (Å²) in [6.07, 6.45) is 2.48. The fourth-order valence-electron chi connectivity index (χ4n) is 1.50. The molecule has 2 atom stereocenters. The smallest absolute Gasteiger partial charge is 0.150 e. The van der Waals surface area contributed by atoms with Crippen molar-refractivity contribution in [3.63, 3.8) is 0 Å². The Balaban J connectivity index is 2.78. The topological polar surface area (TPSA) is 83.9 Å². The number of rotatable bonds is 1. The Kier molecular flexibility index (Phi) is 2.15. The van der Waals surface area contributed by atoms with Gasteiger partial charge >= 0.3 is 0 Å². The Morgan fingerprint density at radius 2 is 2.25 bits per heavy atom. The van der Waals surface area contributed by atoms with Gasteiger partial charge in [0.1, 0.15) is 15.4 Å². The SMILES string of the molecule is CS(=O)(=O)[C@@H]1CC[C@@](N)(C#N)C1. The van der Waals surface area contributed by atoms with Gasteiger partial charge in [0.05, 0.1) is 11.3 Å². The van der Waals surface area contributed by atoms with Crippen LogP contribution in [0.2, 0.25) is 0 Å². The molecule has 0 bridgehead atoms.